The first-order valence-corrected chi connectivity index (χ1v) is 6.75. The van der Waals surface area contributed by atoms with Crippen LogP contribution in [-0.4, -0.2) is 20.5 Å². The zero-order valence-corrected chi connectivity index (χ0v) is 10.7. The largest absolute Gasteiger partial charge is 0.480 e. The van der Waals surface area contributed by atoms with E-state index in [0.29, 0.717) is 5.56 Å². The van der Waals surface area contributed by atoms with Crippen molar-refractivity contribution in [2.75, 3.05) is 0 Å². The Morgan fingerprint density at radius 2 is 2.24 bits per heavy atom. The van der Waals surface area contributed by atoms with Gasteiger partial charge >= 0.3 is 5.97 Å². The van der Waals surface area contributed by atoms with Crippen LogP contribution in [0.4, 0.5) is 4.39 Å². The summed E-state index contributed by atoms with van der Waals surface area (Å²) in [5.74, 6) is -1.57. The van der Waals surface area contributed by atoms with Crippen LogP contribution in [0.25, 0.3) is 0 Å². The van der Waals surface area contributed by atoms with Crippen molar-refractivity contribution in [2.24, 2.45) is 0 Å². The molecule has 0 saturated carbocycles. The zero-order valence-electron chi connectivity index (χ0n) is 9.15. The molecule has 0 spiro atoms. The van der Waals surface area contributed by atoms with Gasteiger partial charge in [0, 0.05) is 16.6 Å². The zero-order chi connectivity index (χ0) is 13.0. The van der Waals surface area contributed by atoms with E-state index in [1.54, 1.807) is 6.92 Å². The van der Waals surface area contributed by atoms with Gasteiger partial charge in [0.1, 0.15) is 11.1 Å². The number of carboxylic acid groups (broad SMARTS) is 1. The Balaban J connectivity index is 2.80. The quantitative estimate of drug-likeness (QED) is 0.901. The minimum absolute atomic E-state index is 0.0529. The van der Waals surface area contributed by atoms with Crippen LogP contribution >= 0.6 is 11.6 Å². The molecule has 0 aliphatic carbocycles. The lowest BCUT2D eigenvalue weighted by Crippen LogP contribution is -2.25. The highest BCUT2D eigenvalue weighted by Crippen LogP contribution is 2.18. The highest BCUT2D eigenvalue weighted by atomic mass is 35.5. The van der Waals surface area contributed by atoms with E-state index in [2.05, 4.69) is 0 Å². The molecule has 0 aliphatic heterocycles. The molecule has 2 unspecified atom stereocenters. The molecular formula is C11H12ClFO3S. The van der Waals surface area contributed by atoms with E-state index >= 15 is 0 Å². The summed E-state index contributed by atoms with van der Waals surface area (Å²) in [4.78, 5) is 10.8. The normalized spacial score (nSPS) is 14.3. The Labute approximate surface area is 106 Å². The second-order valence-electron chi connectivity index (χ2n) is 3.51. The number of halogens is 2. The van der Waals surface area contributed by atoms with Crippen molar-refractivity contribution in [1.82, 2.24) is 0 Å². The molecule has 6 heteroatoms. The minimum atomic E-state index is -1.53. The maximum Gasteiger partial charge on any atom is 0.319 e. The highest BCUT2D eigenvalue weighted by Gasteiger charge is 2.22. The predicted octanol–water partition coefficient (Wildman–Crippen LogP) is 2.59. The van der Waals surface area contributed by atoms with Gasteiger partial charge in [-0.15, -0.1) is 0 Å². The van der Waals surface area contributed by atoms with E-state index in [-0.39, 0.29) is 17.2 Å². The van der Waals surface area contributed by atoms with Crippen LogP contribution in [0, 0.1) is 5.82 Å². The number of benzene rings is 1. The summed E-state index contributed by atoms with van der Waals surface area (Å²) in [7, 11) is -1.53. The Hall–Kier alpha value is -0.940. The molecule has 0 amide bonds. The molecule has 17 heavy (non-hydrogen) atoms. The van der Waals surface area contributed by atoms with Crippen LogP contribution in [-0.2, 0) is 21.3 Å². The lowest BCUT2D eigenvalue weighted by atomic mass is 10.2. The maximum absolute atomic E-state index is 12.9. The molecule has 2 atom stereocenters. The van der Waals surface area contributed by atoms with E-state index in [1.165, 1.54) is 18.2 Å². The fourth-order valence-electron chi connectivity index (χ4n) is 1.37. The van der Waals surface area contributed by atoms with Gasteiger partial charge in [-0.25, -0.2) is 4.39 Å². The number of hydrogen-bond acceptors (Lipinski definition) is 2. The van der Waals surface area contributed by atoms with Crippen LogP contribution in [0.2, 0.25) is 5.02 Å². The van der Waals surface area contributed by atoms with Crippen LogP contribution in [0.1, 0.15) is 18.9 Å². The first-order chi connectivity index (χ1) is 7.95. The number of hydrogen-bond donors (Lipinski definition) is 1. The van der Waals surface area contributed by atoms with Crippen molar-refractivity contribution in [2.45, 2.75) is 24.3 Å². The number of rotatable bonds is 5. The Kier molecular flexibility index (Phi) is 5.08. The fraction of sp³-hybridized carbons (Fsp3) is 0.364. The van der Waals surface area contributed by atoms with Crippen molar-refractivity contribution in [3.8, 4) is 0 Å². The van der Waals surface area contributed by atoms with Gasteiger partial charge in [-0.2, -0.15) is 0 Å². The summed E-state index contributed by atoms with van der Waals surface area (Å²) >= 11 is 5.58. The molecular weight excluding hydrogens is 267 g/mol. The number of aliphatic carboxylic acids is 1. The summed E-state index contributed by atoms with van der Waals surface area (Å²) in [6, 6.07) is 3.99. The summed E-state index contributed by atoms with van der Waals surface area (Å²) in [5, 5.41) is 7.88. The molecule has 0 bridgehead atoms. The average Bonchev–Trinajstić information content (AvgIpc) is 2.24. The highest BCUT2D eigenvalue weighted by molar-refractivity contribution is 7.85. The smallest absolute Gasteiger partial charge is 0.319 e. The van der Waals surface area contributed by atoms with E-state index < -0.39 is 27.8 Å². The predicted molar refractivity (Wildman–Crippen MR) is 65.0 cm³/mol. The summed E-state index contributed by atoms with van der Waals surface area (Å²) in [6.45, 7) is 1.66. The van der Waals surface area contributed by atoms with Crippen LogP contribution < -0.4 is 0 Å². The first-order valence-electron chi connectivity index (χ1n) is 4.99. The van der Waals surface area contributed by atoms with Gasteiger partial charge in [0.15, 0.2) is 0 Å². The maximum atomic E-state index is 12.9. The molecule has 3 nitrogen and oxygen atoms in total. The average molecular weight is 279 g/mol. The lowest BCUT2D eigenvalue weighted by Gasteiger charge is -2.09. The molecule has 0 saturated heterocycles. The van der Waals surface area contributed by atoms with Crippen molar-refractivity contribution in [1.29, 1.82) is 0 Å². The summed E-state index contributed by atoms with van der Waals surface area (Å²) in [5.41, 5.74) is 0.564. The molecule has 0 aliphatic rings. The SMILES string of the molecule is CCC(C(=O)O)S(=O)Cc1ccc(F)c(Cl)c1. The van der Waals surface area contributed by atoms with Gasteiger partial charge in [0.25, 0.3) is 0 Å². The molecule has 0 radical (unpaired) electrons. The fourth-order valence-corrected chi connectivity index (χ4v) is 2.88. The van der Waals surface area contributed by atoms with Gasteiger partial charge in [-0.3, -0.25) is 9.00 Å². The van der Waals surface area contributed by atoms with E-state index in [4.69, 9.17) is 16.7 Å². The molecule has 1 rings (SSSR count). The van der Waals surface area contributed by atoms with Gasteiger partial charge < -0.3 is 5.11 Å². The van der Waals surface area contributed by atoms with Crippen LogP contribution in [0.15, 0.2) is 18.2 Å². The standard InChI is InChI=1S/C11H12ClFO3S/c1-2-10(11(14)15)17(16)6-7-3-4-9(13)8(12)5-7/h3-5,10H,2,6H2,1H3,(H,14,15). The van der Waals surface area contributed by atoms with E-state index in [0.717, 1.165) is 0 Å². The van der Waals surface area contributed by atoms with E-state index in [9.17, 15) is 13.4 Å². The molecule has 94 valence electrons. The topological polar surface area (TPSA) is 54.4 Å². The first kappa shape index (κ1) is 14.1. The number of carboxylic acids is 1. The van der Waals surface area contributed by atoms with Crippen molar-refractivity contribution < 1.29 is 18.5 Å². The van der Waals surface area contributed by atoms with Crippen LogP contribution in [0.5, 0.6) is 0 Å². The second kappa shape index (κ2) is 6.12. The van der Waals surface area contributed by atoms with E-state index in [1.807, 2.05) is 0 Å². The van der Waals surface area contributed by atoms with Gasteiger partial charge in [-0.05, 0) is 24.1 Å². The Morgan fingerprint density at radius 3 is 2.71 bits per heavy atom. The van der Waals surface area contributed by atoms with Gasteiger partial charge in [-0.1, -0.05) is 24.6 Å². The number of carbonyl (C=O) groups is 1. The molecule has 1 N–H and O–H groups in total. The van der Waals surface area contributed by atoms with Crippen molar-refractivity contribution in [3.05, 3.63) is 34.6 Å². The van der Waals surface area contributed by atoms with Gasteiger partial charge in [0.05, 0.1) is 5.02 Å². The molecule has 1 aromatic carbocycles. The minimum Gasteiger partial charge on any atom is -0.480 e. The summed E-state index contributed by atoms with van der Waals surface area (Å²) < 4.78 is 24.7. The third kappa shape index (κ3) is 3.78. The molecule has 0 heterocycles. The Morgan fingerprint density at radius 1 is 1.59 bits per heavy atom. The third-order valence-corrected chi connectivity index (χ3v) is 4.33. The van der Waals surface area contributed by atoms with Crippen molar-refractivity contribution >= 4 is 28.4 Å². The van der Waals surface area contributed by atoms with Gasteiger partial charge in [0.2, 0.25) is 0 Å². The molecule has 0 fully saturated rings. The summed E-state index contributed by atoms with van der Waals surface area (Å²) in [6.07, 6.45) is 0.289. The van der Waals surface area contributed by atoms with Crippen molar-refractivity contribution in [3.63, 3.8) is 0 Å². The lowest BCUT2D eigenvalue weighted by molar-refractivity contribution is -0.136. The Bertz CT molecular complexity index is 450. The third-order valence-electron chi connectivity index (χ3n) is 2.26. The second-order valence-corrected chi connectivity index (χ2v) is 5.54. The molecule has 0 aromatic heterocycles. The monoisotopic (exact) mass is 278 g/mol. The molecule has 1 aromatic rings. The van der Waals surface area contributed by atoms with Crippen LogP contribution in [0.3, 0.4) is 0 Å².